The van der Waals surface area contributed by atoms with Crippen molar-refractivity contribution in [3.63, 3.8) is 0 Å². The summed E-state index contributed by atoms with van der Waals surface area (Å²) in [5.74, 6) is 0.882. The number of hydrogen-bond acceptors (Lipinski definition) is 3. The lowest BCUT2D eigenvalue weighted by Crippen LogP contribution is -2.28. The number of nitrogens with two attached hydrogens (primary N) is 1. The van der Waals surface area contributed by atoms with Gasteiger partial charge in [-0.15, -0.1) is 0 Å². The third kappa shape index (κ3) is 6.16. The Kier molecular flexibility index (Phi) is 7.10. The Bertz CT molecular complexity index is 539. The van der Waals surface area contributed by atoms with Crippen molar-refractivity contribution in [2.24, 2.45) is 16.1 Å². The zero-order chi connectivity index (χ0) is 17.4. The van der Waals surface area contributed by atoms with E-state index in [1.807, 2.05) is 6.08 Å². The Morgan fingerprint density at radius 2 is 2.12 bits per heavy atom. The standard InChI is InChI=1S/C20H33N3O/c1-4-12-24-13-11-22-19(14-18(21)20(3)9-10-20)23-15-17-7-5-16(2)6-8-17/h5,7,14H,4,6,8-13,15,21H2,1-3H3,(H,22,23)/b18-14-. The van der Waals surface area contributed by atoms with Gasteiger partial charge in [-0.1, -0.05) is 31.6 Å². The van der Waals surface area contributed by atoms with Crippen molar-refractivity contribution in [2.45, 2.75) is 52.9 Å². The minimum Gasteiger partial charge on any atom is -0.401 e. The van der Waals surface area contributed by atoms with Gasteiger partial charge in [0.15, 0.2) is 0 Å². The zero-order valence-electron chi connectivity index (χ0n) is 15.5. The van der Waals surface area contributed by atoms with Crippen LogP contribution >= 0.6 is 0 Å². The van der Waals surface area contributed by atoms with Gasteiger partial charge in [0, 0.05) is 24.3 Å². The van der Waals surface area contributed by atoms with Crippen LogP contribution in [0, 0.1) is 5.41 Å². The lowest BCUT2D eigenvalue weighted by atomic mass is 10.00. The molecule has 4 nitrogen and oxygen atoms in total. The van der Waals surface area contributed by atoms with Crippen LogP contribution in [0.3, 0.4) is 0 Å². The Morgan fingerprint density at radius 3 is 2.75 bits per heavy atom. The molecule has 0 bridgehead atoms. The lowest BCUT2D eigenvalue weighted by molar-refractivity contribution is 0.139. The molecule has 2 rings (SSSR count). The summed E-state index contributed by atoms with van der Waals surface area (Å²) in [5.41, 5.74) is 10.2. The molecule has 0 spiro atoms. The molecular weight excluding hydrogens is 298 g/mol. The van der Waals surface area contributed by atoms with Gasteiger partial charge in [-0.25, -0.2) is 0 Å². The van der Waals surface area contributed by atoms with E-state index in [1.54, 1.807) is 0 Å². The summed E-state index contributed by atoms with van der Waals surface area (Å²) in [5, 5.41) is 3.38. The van der Waals surface area contributed by atoms with Gasteiger partial charge in [0.25, 0.3) is 0 Å². The van der Waals surface area contributed by atoms with Crippen molar-refractivity contribution in [2.75, 3.05) is 26.3 Å². The summed E-state index contributed by atoms with van der Waals surface area (Å²) in [7, 11) is 0. The first-order valence-electron chi connectivity index (χ1n) is 9.22. The summed E-state index contributed by atoms with van der Waals surface area (Å²) < 4.78 is 5.54. The monoisotopic (exact) mass is 331 g/mol. The van der Waals surface area contributed by atoms with E-state index in [9.17, 15) is 0 Å². The van der Waals surface area contributed by atoms with Crippen LogP contribution in [0.2, 0.25) is 0 Å². The molecule has 3 N–H and O–H groups in total. The molecule has 0 saturated heterocycles. The summed E-state index contributed by atoms with van der Waals surface area (Å²) >= 11 is 0. The molecule has 0 aromatic carbocycles. The smallest absolute Gasteiger partial charge is 0.122 e. The molecule has 24 heavy (non-hydrogen) atoms. The molecule has 0 aromatic rings. The van der Waals surface area contributed by atoms with E-state index in [0.717, 1.165) is 50.5 Å². The van der Waals surface area contributed by atoms with Gasteiger partial charge in [-0.05, 0) is 50.7 Å². The number of ether oxygens (including phenoxy) is 1. The molecule has 0 amide bonds. The average molecular weight is 332 g/mol. The Balaban J connectivity index is 1.94. The van der Waals surface area contributed by atoms with Crippen LogP contribution < -0.4 is 11.1 Å². The number of allylic oxidation sites excluding steroid dienone is 4. The fourth-order valence-corrected chi connectivity index (χ4v) is 2.55. The molecule has 1 fully saturated rings. The highest BCUT2D eigenvalue weighted by Crippen LogP contribution is 2.49. The van der Waals surface area contributed by atoms with Crippen LogP contribution in [0.5, 0.6) is 0 Å². The summed E-state index contributed by atoms with van der Waals surface area (Å²) in [6, 6.07) is 0. The number of rotatable bonds is 9. The van der Waals surface area contributed by atoms with Gasteiger partial charge in [0.2, 0.25) is 0 Å². The number of nitrogens with zero attached hydrogens (tertiary/aromatic N) is 1. The molecule has 2 aliphatic carbocycles. The van der Waals surface area contributed by atoms with Crippen molar-refractivity contribution in [1.29, 1.82) is 0 Å². The zero-order valence-corrected chi connectivity index (χ0v) is 15.5. The number of nitrogens with one attached hydrogen (secondary N) is 1. The van der Waals surface area contributed by atoms with Crippen LogP contribution in [0.4, 0.5) is 0 Å². The summed E-state index contributed by atoms with van der Waals surface area (Å²) in [6.45, 7) is 9.52. The normalized spacial score (nSPS) is 20.5. The fourth-order valence-electron chi connectivity index (χ4n) is 2.55. The highest BCUT2D eigenvalue weighted by atomic mass is 16.5. The van der Waals surface area contributed by atoms with E-state index in [4.69, 9.17) is 15.5 Å². The quantitative estimate of drug-likeness (QED) is 0.385. The Labute approximate surface area is 146 Å². The molecule has 0 unspecified atom stereocenters. The maximum absolute atomic E-state index is 6.28. The van der Waals surface area contributed by atoms with Gasteiger partial charge < -0.3 is 15.8 Å². The van der Waals surface area contributed by atoms with Crippen LogP contribution in [0.25, 0.3) is 0 Å². The molecule has 0 heterocycles. The highest BCUT2D eigenvalue weighted by molar-refractivity contribution is 5.93. The van der Waals surface area contributed by atoms with Crippen molar-refractivity contribution in [3.05, 3.63) is 35.1 Å². The first-order chi connectivity index (χ1) is 11.5. The van der Waals surface area contributed by atoms with E-state index < -0.39 is 0 Å². The van der Waals surface area contributed by atoms with Crippen molar-refractivity contribution in [1.82, 2.24) is 5.32 Å². The minimum atomic E-state index is 0.186. The van der Waals surface area contributed by atoms with Gasteiger partial charge in [-0.3, -0.25) is 4.99 Å². The predicted molar refractivity (Wildman–Crippen MR) is 102 cm³/mol. The average Bonchev–Trinajstić information content (AvgIpc) is 3.32. The molecular formula is C20H33N3O. The predicted octanol–water partition coefficient (Wildman–Crippen LogP) is 3.71. The molecule has 2 aliphatic rings. The van der Waals surface area contributed by atoms with Gasteiger partial charge in [0.05, 0.1) is 13.2 Å². The molecule has 0 atom stereocenters. The number of amidine groups is 1. The topological polar surface area (TPSA) is 59.6 Å². The van der Waals surface area contributed by atoms with Crippen molar-refractivity contribution < 1.29 is 4.74 Å². The summed E-state index contributed by atoms with van der Waals surface area (Å²) in [6.07, 6.45) is 12.1. The van der Waals surface area contributed by atoms with Gasteiger partial charge >= 0.3 is 0 Å². The molecule has 0 aliphatic heterocycles. The first-order valence-corrected chi connectivity index (χ1v) is 9.22. The highest BCUT2D eigenvalue weighted by Gasteiger charge is 2.39. The van der Waals surface area contributed by atoms with E-state index in [-0.39, 0.29) is 5.41 Å². The van der Waals surface area contributed by atoms with E-state index in [1.165, 1.54) is 24.0 Å². The first kappa shape index (κ1) is 18.8. The molecule has 134 valence electrons. The van der Waals surface area contributed by atoms with Crippen molar-refractivity contribution in [3.8, 4) is 0 Å². The molecule has 1 saturated carbocycles. The second-order valence-electron chi connectivity index (χ2n) is 7.24. The van der Waals surface area contributed by atoms with Crippen LogP contribution in [0.1, 0.15) is 52.9 Å². The van der Waals surface area contributed by atoms with E-state index in [2.05, 4.69) is 38.2 Å². The van der Waals surface area contributed by atoms with E-state index in [0.29, 0.717) is 6.61 Å². The molecule has 4 heteroatoms. The molecule has 0 aromatic heterocycles. The SMILES string of the molecule is CCCOCCNC(/C=C(\N)C1(C)CC1)=NCC1=CC=C(C)CC1. The van der Waals surface area contributed by atoms with Gasteiger partial charge in [0.1, 0.15) is 5.84 Å². The second-order valence-corrected chi connectivity index (χ2v) is 7.24. The number of aliphatic imine (C=N–C) groups is 1. The maximum Gasteiger partial charge on any atom is 0.122 e. The third-order valence-electron chi connectivity index (χ3n) is 4.79. The Hall–Kier alpha value is -1.55. The minimum absolute atomic E-state index is 0.186. The number of hydrogen-bond donors (Lipinski definition) is 2. The van der Waals surface area contributed by atoms with E-state index >= 15 is 0 Å². The fraction of sp³-hybridized carbons (Fsp3) is 0.650. The maximum atomic E-state index is 6.28. The second kappa shape index (κ2) is 9.07. The van der Waals surface area contributed by atoms with Crippen LogP contribution in [-0.4, -0.2) is 32.1 Å². The largest absolute Gasteiger partial charge is 0.401 e. The van der Waals surface area contributed by atoms with Crippen LogP contribution in [0.15, 0.2) is 40.1 Å². The van der Waals surface area contributed by atoms with Gasteiger partial charge in [-0.2, -0.15) is 0 Å². The lowest BCUT2D eigenvalue weighted by Gasteiger charge is -2.14. The van der Waals surface area contributed by atoms with Crippen molar-refractivity contribution >= 4 is 5.84 Å². The third-order valence-corrected chi connectivity index (χ3v) is 4.79. The van der Waals surface area contributed by atoms with Crippen LogP contribution in [-0.2, 0) is 4.74 Å². The summed E-state index contributed by atoms with van der Waals surface area (Å²) in [4.78, 5) is 4.77. The molecule has 0 radical (unpaired) electrons. The Morgan fingerprint density at radius 1 is 1.33 bits per heavy atom.